The smallest absolute Gasteiger partial charge is 0.00645 e. The van der Waals surface area contributed by atoms with E-state index in [-0.39, 0.29) is 24.8 Å². The Balaban J connectivity index is 0. The van der Waals surface area contributed by atoms with Gasteiger partial charge in [0.05, 0.1) is 0 Å². The molecule has 0 aromatic rings. The van der Waals surface area contributed by atoms with E-state index in [2.05, 4.69) is 13.8 Å². The van der Waals surface area contributed by atoms with Crippen LogP contribution in [0, 0.1) is 11.8 Å². The molecule has 0 radical (unpaired) electrons. The fraction of sp³-hybridized carbons (Fsp3) is 1.00. The molecule has 0 aromatic carbocycles. The highest BCUT2D eigenvalue weighted by atomic mass is 35.5. The maximum Gasteiger partial charge on any atom is 0.00645 e. The van der Waals surface area contributed by atoms with Crippen LogP contribution in [-0.4, -0.2) is 12.1 Å². The molecular weight excluding hydrogens is 267 g/mol. The van der Waals surface area contributed by atoms with Crippen LogP contribution in [-0.2, 0) is 0 Å². The second-order valence-corrected chi connectivity index (χ2v) is 5.85. The standard InChI is InChI=1S/2C7H15N.2ClH/c2*1-6-4-2-3-5-7(6)8;;/h2*6-7H,2-5,8H2,1H3;2*1H/t2*6-,7-;;/m10../s1. The first-order valence-corrected chi connectivity index (χ1v) is 7.12. The van der Waals surface area contributed by atoms with Crippen LogP contribution in [0.15, 0.2) is 0 Å². The number of hydrogen-bond acceptors (Lipinski definition) is 2. The van der Waals surface area contributed by atoms with Gasteiger partial charge >= 0.3 is 0 Å². The molecule has 4 N–H and O–H groups in total. The zero-order chi connectivity index (χ0) is 12.0. The maximum absolute atomic E-state index is 5.78. The summed E-state index contributed by atoms with van der Waals surface area (Å²) in [6, 6.07) is 1.01. The Morgan fingerprint density at radius 2 is 0.889 bits per heavy atom. The number of rotatable bonds is 0. The SMILES string of the molecule is C[C@@H]1CCCC[C@H]1N.C[C@H]1CCCC[C@@H]1N.Cl.Cl. The highest BCUT2D eigenvalue weighted by molar-refractivity contribution is 5.85. The largest absolute Gasteiger partial charge is 0.327 e. The van der Waals surface area contributed by atoms with E-state index in [1.54, 1.807) is 0 Å². The van der Waals surface area contributed by atoms with Crippen molar-refractivity contribution >= 4 is 24.8 Å². The van der Waals surface area contributed by atoms with E-state index in [1.165, 1.54) is 51.4 Å². The Hall–Kier alpha value is 0.500. The second kappa shape index (κ2) is 11.3. The molecule has 2 aliphatic rings. The molecule has 0 spiro atoms. The molecule has 2 nitrogen and oxygen atoms in total. The van der Waals surface area contributed by atoms with E-state index in [9.17, 15) is 0 Å². The van der Waals surface area contributed by atoms with Gasteiger partial charge in [0.2, 0.25) is 0 Å². The molecule has 112 valence electrons. The summed E-state index contributed by atoms with van der Waals surface area (Å²) in [7, 11) is 0. The quantitative estimate of drug-likeness (QED) is 0.713. The highest BCUT2D eigenvalue weighted by Crippen LogP contribution is 2.22. The predicted molar refractivity (Wildman–Crippen MR) is 85.7 cm³/mol. The minimum absolute atomic E-state index is 0. The molecule has 2 saturated carbocycles. The average molecular weight is 299 g/mol. The molecule has 0 amide bonds. The highest BCUT2D eigenvalue weighted by Gasteiger charge is 2.16. The van der Waals surface area contributed by atoms with Crippen LogP contribution < -0.4 is 11.5 Å². The number of hydrogen-bond donors (Lipinski definition) is 2. The van der Waals surface area contributed by atoms with Gasteiger partial charge in [-0.05, 0) is 37.5 Å². The maximum atomic E-state index is 5.78. The molecule has 4 atom stereocenters. The minimum Gasteiger partial charge on any atom is -0.327 e. The van der Waals surface area contributed by atoms with Crippen molar-refractivity contribution in [3.05, 3.63) is 0 Å². The summed E-state index contributed by atoms with van der Waals surface area (Å²) >= 11 is 0. The van der Waals surface area contributed by atoms with Crippen LogP contribution in [0.5, 0.6) is 0 Å². The lowest BCUT2D eigenvalue weighted by atomic mass is 9.87. The van der Waals surface area contributed by atoms with Gasteiger partial charge in [-0.2, -0.15) is 0 Å². The van der Waals surface area contributed by atoms with Crippen molar-refractivity contribution in [2.75, 3.05) is 0 Å². The van der Waals surface area contributed by atoms with Gasteiger partial charge in [-0.3, -0.25) is 0 Å². The van der Waals surface area contributed by atoms with Gasteiger partial charge in [-0.25, -0.2) is 0 Å². The summed E-state index contributed by atoms with van der Waals surface area (Å²) in [5.41, 5.74) is 11.6. The second-order valence-electron chi connectivity index (χ2n) is 5.85. The first kappa shape index (κ1) is 20.8. The number of halogens is 2. The van der Waals surface area contributed by atoms with Gasteiger partial charge in [-0.1, -0.05) is 39.5 Å². The lowest BCUT2D eigenvalue weighted by molar-refractivity contribution is 0.331. The Morgan fingerprint density at radius 3 is 1.06 bits per heavy atom. The molecule has 2 fully saturated rings. The lowest BCUT2D eigenvalue weighted by Crippen LogP contribution is -2.30. The Morgan fingerprint density at radius 1 is 0.611 bits per heavy atom. The first-order chi connectivity index (χ1) is 7.61. The van der Waals surface area contributed by atoms with Crippen LogP contribution in [0.3, 0.4) is 0 Å². The molecule has 2 rings (SSSR count). The van der Waals surface area contributed by atoms with Gasteiger partial charge < -0.3 is 11.5 Å². The summed E-state index contributed by atoms with van der Waals surface area (Å²) in [5.74, 6) is 1.56. The van der Waals surface area contributed by atoms with Crippen LogP contribution in [0.4, 0.5) is 0 Å². The zero-order valence-corrected chi connectivity index (χ0v) is 13.6. The lowest BCUT2D eigenvalue weighted by Gasteiger charge is -2.24. The van der Waals surface area contributed by atoms with Crippen molar-refractivity contribution in [3.8, 4) is 0 Å². The van der Waals surface area contributed by atoms with Crippen molar-refractivity contribution in [2.24, 2.45) is 23.3 Å². The summed E-state index contributed by atoms with van der Waals surface area (Å²) < 4.78 is 0. The summed E-state index contributed by atoms with van der Waals surface area (Å²) in [4.78, 5) is 0. The summed E-state index contributed by atoms with van der Waals surface area (Å²) in [6.07, 6.45) is 10.7. The minimum atomic E-state index is 0. The summed E-state index contributed by atoms with van der Waals surface area (Å²) in [5, 5.41) is 0. The van der Waals surface area contributed by atoms with Gasteiger partial charge in [0.25, 0.3) is 0 Å². The molecule has 2 aliphatic carbocycles. The first-order valence-electron chi connectivity index (χ1n) is 7.12. The van der Waals surface area contributed by atoms with Crippen molar-refractivity contribution in [2.45, 2.75) is 77.3 Å². The average Bonchev–Trinajstić information content (AvgIpc) is 2.28. The fourth-order valence-electron chi connectivity index (χ4n) is 2.69. The van der Waals surface area contributed by atoms with Crippen LogP contribution in [0.2, 0.25) is 0 Å². The van der Waals surface area contributed by atoms with E-state index < -0.39 is 0 Å². The molecular formula is C14H32Cl2N2. The van der Waals surface area contributed by atoms with Gasteiger partial charge in [0.1, 0.15) is 0 Å². The third kappa shape index (κ3) is 7.83. The zero-order valence-electron chi connectivity index (χ0n) is 11.9. The van der Waals surface area contributed by atoms with Crippen molar-refractivity contribution in [3.63, 3.8) is 0 Å². The Labute approximate surface area is 125 Å². The van der Waals surface area contributed by atoms with Gasteiger partial charge in [0, 0.05) is 12.1 Å². The fourth-order valence-corrected chi connectivity index (χ4v) is 2.69. The molecule has 0 aromatic heterocycles. The molecule has 18 heavy (non-hydrogen) atoms. The van der Waals surface area contributed by atoms with E-state index in [0.29, 0.717) is 12.1 Å². The summed E-state index contributed by atoms with van der Waals surface area (Å²) in [6.45, 7) is 4.51. The molecule has 0 saturated heterocycles. The topological polar surface area (TPSA) is 52.0 Å². The van der Waals surface area contributed by atoms with Crippen LogP contribution >= 0.6 is 24.8 Å². The van der Waals surface area contributed by atoms with E-state index >= 15 is 0 Å². The normalized spacial score (nSPS) is 35.3. The predicted octanol–water partition coefficient (Wildman–Crippen LogP) is 3.89. The van der Waals surface area contributed by atoms with Gasteiger partial charge in [-0.15, -0.1) is 24.8 Å². The third-order valence-electron chi connectivity index (χ3n) is 4.36. The number of nitrogens with two attached hydrogens (primary N) is 2. The van der Waals surface area contributed by atoms with Crippen molar-refractivity contribution in [1.29, 1.82) is 0 Å². The Bertz CT molecular complexity index is 151. The molecule has 0 unspecified atom stereocenters. The Kier molecular flexibility index (Phi) is 13.1. The van der Waals surface area contributed by atoms with Crippen molar-refractivity contribution < 1.29 is 0 Å². The van der Waals surface area contributed by atoms with Crippen LogP contribution in [0.25, 0.3) is 0 Å². The van der Waals surface area contributed by atoms with E-state index in [0.717, 1.165) is 11.8 Å². The molecule has 0 bridgehead atoms. The van der Waals surface area contributed by atoms with E-state index in [1.807, 2.05) is 0 Å². The monoisotopic (exact) mass is 298 g/mol. The van der Waals surface area contributed by atoms with E-state index in [4.69, 9.17) is 11.5 Å². The van der Waals surface area contributed by atoms with Crippen LogP contribution in [0.1, 0.15) is 65.2 Å². The van der Waals surface area contributed by atoms with Gasteiger partial charge in [0.15, 0.2) is 0 Å². The molecule has 4 heteroatoms. The van der Waals surface area contributed by atoms with Crippen molar-refractivity contribution in [1.82, 2.24) is 0 Å². The molecule has 0 aliphatic heterocycles. The third-order valence-corrected chi connectivity index (χ3v) is 4.36. The molecule has 0 heterocycles.